The number of rotatable bonds is 9. The topological polar surface area (TPSA) is 89.9 Å². The minimum atomic E-state index is -1.31. The Bertz CT molecular complexity index is 1260. The quantitative estimate of drug-likeness (QED) is 0.407. The molecule has 2 fully saturated rings. The summed E-state index contributed by atoms with van der Waals surface area (Å²) >= 11 is 1.41. The van der Waals surface area contributed by atoms with Crippen LogP contribution in [0.4, 0.5) is 0 Å². The highest BCUT2D eigenvalue weighted by Gasteiger charge is 2.57. The van der Waals surface area contributed by atoms with Gasteiger partial charge in [-0.05, 0) is 71.8 Å². The van der Waals surface area contributed by atoms with E-state index < -0.39 is 5.12 Å². The molecule has 1 atom stereocenters. The van der Waals surface area contributed by atoms with Crippen molar-refractivity contribution in [2.45, 2.75) is 69.3 Å². The maximum atomic E-state index is 13.8. The van der Waals surface area contributed by atoms with E-state index >= 15 is 0 Å². The van der Waals surface area contributed by atoms with Gasteiger partial charge in [-0.3, -0.25) is 4.79 Å². The Kier molecular flexibility index (Phi) is 8.64. The zero-order valence-electron chi connectivity index (χ0n) is 25.8. The van der Waals surface area contributed by atoms with Crippen molar-refractivity contribution in [2.24, 2.45) is 0 Å². The number of phenolic OH excluding ortho intramolecular Hbond substituents is 1. The Hall–Kier alpha value is -2.66. The average molecular weight is 601 g/mol. The van der Waals surface area contributed by atoms with E-state index in [0.717, 1.165) is 47.7 Å². The number of likely N-dealkylation sites (N-methyl/N-ethyl adjacent to an activating group) is 1. The smallest absolute Gasteiger partial charge is 0.303 e. The first-order valence-electron chi connectivity index (χ1n) is 14.6. The van der Waals surface area contributed by atoms with Crippen molar-refractivity contribution < 1.29 is 33.6 Å². The maximum absolute atomic E-state index is 13.8. The Morgan fingerprint density at radius 2 is 1.64 bits per heavy atom. The lowest BCUT2D eigenvalue weighted by Gasteiger charge is -2.31. The van der Waals surface area contributed by atoms with Crippen molar-refractivity contribution in [3.63, 3.8) is 0 Å². The summed E-state index contributed by atoms with van der Waals surface area (Å²) in [6, 6.07) is 9.69. The second-order valence-corrected chi connectivity index (χ2v) is 14.4. The van der Waals surface area contributed by atoms with Gasteiger partial charge in [-0.2, -0.15) is 0 Å². The first-order chi connectivity index (χ1) is 19.8. The Morgan fingerprint density at radius 3 is 2.29 bits per heavy atom. The van der Waals surface area contributed by atoms with Crippen molar-refractivity contribution >= 4 is 17.7 Å². The summed E-state index contributed by atoms with van der Waals surface area (Å²) < 4.78 is 28.6. The van der Waals surface area contributed by atoms with E-state index in [9.17, 15) is 9.90 Å². The van der Waals surface area contributed by atoms with E-state index in [4.69, 9.17) is 23.7 Å². The molecule has 1 unspecified atom stereocenters. The van der Waals surface area contributed by atoms with E-state index in [0.29, 0.717) is 37.9 Å². The van der Waals surface area contributed by atoms with Crippen LogP contribution in [-0.2, 0) is 25.1 Å². The van der Waals surface area contributed by atoms with Crippen LogP contribution >= 0.6 is 11.8 Å². The van der Waals surface area contributed by atoms with Crippen molar-refractivity contribution in [1.82, 2.24) is 9.80 Å². The lowest BCUT2D eigenvalue weighted by Crippen LogP contribution is -2.41. The molecule has 0 radical (unpaired) electrons. The van der Waals surface area contributed by atoms with Crippen LogP contribution in [-0.4, -0.2) is 79.2 Å². The maximum Gasteiger partial charge on any atom is 0.303 e. The number of thioether (sulfide) groups is 1. The van der Waals surface area contributed by atoms with Gasteiger partial charge in [0, 0.05) is 19.2 Å². The minimum absolute atomic E-state index is 0.147. The Balaban J connectivity index is 1.27. The highest BCUT2D eigenvalue weighted by Crippen LogP contribution is 2.54. The van der Waals surface area contributed by atoms with E-state index in [2.05, 4.69) is 65.6 Å². The molecule has 2 saturated heterocycles. The minimum Gasteiger partial charge on any atom is -0.507 e. The fourth-order valence-electron chi connectivity index (χ4n) is 5.45. The highest BCUT2D eigenvalue weighted by atomic mass is 32.2. The summed E-state index contributed by atoms with van der Waals surface area (Å²) in [7, 11) is 2.05. The predicted molar refractivity (Wildman–Crippen MR) is 162 cm³/mol. The number of fused-ring (bicyclic) bond motifs is 1. The molecular formula is C32H44N2O7S. The van der Waals surface area contributed by atoms with Crippen LogP contribution in [0.3, 0.4) is 0 Å². The normalized spacial score (nSPS) is 19.9. The summed E-state index contributed by atoms with van der Waals surface area (Å²) in [5, 5.41) is 9.67. The number of carbonyl (C=O) groups excluding carboxylic acids is 1. The van der Waals surface area contributed by atoms with Crippen LogP contribution in [0.15, 0.2) is 30.3 Å². The van der Waals surface area contributed by atoms with Crippen molar-refractivity contribution in [3.8, 4) is 23.0 Å². The molecule has 0 saturated carbocycles. The van der Waals surface area contributed by atoms with Crippen LogP contribution in [0.2, 0.25) is 0 Å². The molecule has 42 heavy (non-hydrogen) atoms. The predicted octanol–water partition coefficient (Wildman–Crippen LogP) is 5.39. The van der Waals surface area contributed by atoms with Crippen molar-refractivity contribution in [2.75, 3.05) is 53.3 Å². The lowest BCUT2D eigenvalue weighted by molar-refractivity contribution is -0.162. The number of hydrogen-bond donors (Lipinski definition) is 1. The zero-order valence-corrected chi connectivity index (χ0v) is 26.6. The third-order valence-electron chi connectivity index (χ3n) is 7.80. The fourth-order valence-corrected chi connectivity index (χ4v) is 6.86. The number of aromatic hydroxyl groups is 1. The number of carbonyl (C=O) groups is 1. The molecule has 3 aliphatic heterocycles. The van der Waals surface area contributed by atoms with Crippen molar-refractivity contribution in [3.05, 3.63) is 47.0 Å². The van der Waals surface area contributed by atoms with E-state index in [1.807, 2.05) is 23.1 Å². The van der Waals surface area contributed by atoms with Gasteiger partial charge in [0.15, 0.2) is 11.5 Å². The van der Waals surface area contributed by atoms with Gasteiger partial charge in [-0.25, -0.2) is 0 Å². The number of hydrogen-bond acceptors (Lipinski definition) is 9. The summed E-state index contributed by atoms with van der Waals surface area (Å²) in [4.78, 5) is 17.9. The zero-order chi connectivity index (χ0) is 30.3. The molecule has 10 heteroatoms. The molecule has 3 aliphatic rings. The first-order valence-corrected chi connectivity index (χ1v) is 15.5. The molecule has 0 aromatic heterocycles. The highest BCUT2D eigenvalue weighted by molar-refractivity contribution is 8.01. The van der Waals surface area contributed by atoms with Gasteiger partial charge in [0.25, 0.3) is 5.91 Å². The first kappa shape index (κ1) is 30.8. The number of benzene rings is 2. The van der Waals surface area contributed by atoms with Gasteiger partial charge in [0.1, 0.15) is 23.5 Å². The van der Waals surface area contributed by atoms with Crippen LogP contribution < -0.4 is 14.2 Å². The van der Waals surface area contributed by atoms with Gasteiger partial charge in [0.05, 0.1) is 13.2 Å². The van der Waals surface area contributed by atoms with Gasteiger partial charge in [-0.1, -0.05) is 53.3 Å². The standard InChI is InChI=1S/C32H44N2O7S/c1-30(2,3)23-17-21(18-24(27(23)35)31(4,5)6)28-34(29(36)32(42-28)40-15-16-41-32)12-8-11-33(7)13-14-37-22-9-10-25-26(19-22)39-20-38-25/h9-10,17-19,28,35H,8,11-16,20H2,1-7H3. The molecule has 0 bridgehead atoms. The van der Waals surface area contributed by atoms with Gasteiger partial charge < -0.3 is 38.6 Å². The van der Waals surface area contributed by atoms with Crippen LogP contribution in [0.1, 0.15) is 70.0 Å². The Morgan fingerprint density at radius 1 is 1.00 bits per heavy atom. The third-order valence-corrected chi connectivity index (χ3v) is 9.27. The number of amides is 1. The molecule has 1 amide bonds. The third kappa shape index (κ3) is 6.32. The molecule has 1 N–H and O–H groups in total. The van der Waals surface area contributed by atoms with Crippen molar-refractivity contribution in [1.29, 1.82) is 0 Å². The molecule has 0 aliphatic carbocycles. The molecule has 2 aromatic carbocycles. The van der Waals surface area contributed by atoms with Gasteiger partial charge in [0.2, 0.25) is 6.79 Å². The van der Waals surface area contributed by atoms with E-state index in [-0.39, 0.29) is 28.9 Å². The molecule has 1 spiro atoms. The monoisotopic (exact) mass is 600 g/mol. The molecule has 9 nitrogen and oxygen atoms in total. The molecule has 3 heterocycles. The number of nitrogens with zero attached hydrogens (tertiary/aromatic N) is 2. The summed E-state index contributed by atoms with van der Waals surface area (Å²) in [6.45, 7) is 16.2. The van der Waals surface area contributed by atoms with Crippen LogP contribution in [0.5, 0.6) is 23.0 Å². The molecule has 230 valence electrons. The largest absolute Gasteiger partial charge is 0.507 e. The molecular weight excluding hydrogens is 556 g/mol. The fraction of sp³-hybridized carbons (Fsp3) is 0.594. The number of ether oxygens (including phenoxy) is 5. The molecule has 2 aromatic rings. The summed E-state index contributed by atoms with van der Waals surface area (Å²) in [5.74, 6) is 2.36. The lowest BCUT2D eigenvalue weighted by atomic mass is 9.78. The molecule has 5 rings (SSSR count). The van der Waals surface area contributed by atoms with E-state index in [1.54, 1.807) is 0 Å². The van der Waals surface area contributed by atoms with Gasteiger partial charge in [-0.15, -0.1) is 0 Å². The van der Waals surface area contributed by atoms with E-state index in [1.165, 1.54) is 11.8 Å². The summed E-state index contributed by atoms with van der Waals surface area (Å²) in [6.07, 6.45) is 0.774. The second kappa shape index (κ2) is 11.8. The van der Waals surface area contributed by atoms with Crippen LogP contribution in [0, 0.1) is 0 Å². The van der Waals surface area contributed by atoms with Crippen LogP contribution in [0.25, 0.3) is 0 Å². The second-order valence-electron chi connectivity index (χ2n) is 13.2. The number of phenols is 1. The van der Waals surface area contributed by atoms with Gasteiger partial charge >= 0.3 is 5.12 Å². The summed E-state index contributed by atoms with van der Waals surface area (Å²) in [5.41, 5.74) is 2.16. The Labute approximate surface area is 253 Å². The average Bonchev–Trinajstić information content (AvgIpc) is 3.64. The SMILES string of the molecule is CN(CCCN1C(=O)C2(OCCO2)SC1c1cc(C(C)(C)C)c(O)c(C(C)(C)C)c1)CCOc1ccc2c(c1)OCO2.